The van der Waals surface area contributed by atoms with E-state index in [1.807, 2.05) is 98.8 Å². The normalized spacial score (nSPS) is 19.3. The van der Waals surface area contributed by atoms with Crippen LogP contribution < -0.4 is 44.0 Å². The molecule has 1 atom stereocenters. The monoisotopic (exact) mass is 1890 g/mol. The molecule has 0 spiro atoms. The van der Waals surface area contributed by atoms with Gasteiger partial charge < -0.3 is 40.2 Å². The summed E-state index contributed by atoms with van der Waals surface area (Å²) >= 11 is 0. The molecule has 1 unspecified atom stereocenters. The second-order valence-electron chi connectivity index (χ2n) is 38.4. The summed E-state index contributed by atoms with van der Waals surface area (Å²) in [5, 5.41) is 13.9. The molecule has 4 saturated carbocycles. The second kappa shape index (κ2) is 48.4. The minimum Gasteiger partial charge on any atom is -0.382 e. The lowest BCUT2D eigenvalue weighted by atomic mass is 9.87. The van der Waals surface area contributed by atoms with Gasteiger partial charge in [-0.1, -0.05) is 69.5 Å². The molecule has 740 valence electrons. The maximum atomic E-state index is 13.7. The number of aromatic nitrogens is 16. The van der Waals surface area contributed by atoms with E-state index in [0.29, 0.717) is 145 Å². The fourth-order valence-corrected chi connectivity index (χ4v) is 18.2. The summed E-state index contributed by atoms with van der Waals surface area (Å²) < 4.78 is 76.3. The van der Waals surface area contributed by atoms with Gasteiger partial charge in [0.05, 0.1) is 105 Å². The van der Waals surface area contributed by atoms with E-state index in [-0.39, 0.29) is 76.1 Å². The van der Waals surface area contributed by atoms with Gasteiger partial charge in [0.25, 0.3) is 0 Å². The molecule has 8 aromatic heterocycles. The Morgan fingerprint density at radius 3 is 0.956 bits per heavy atom. The van der Waals surface area contributed by atoms with Crippen LogP contribution in [0.2, 0.25) is 0 Å². The highest BCUT2D eigenvalue weighted by Gasteiger charge is 2.34. The maximum absolute atomic E-state index is 13.7. The molecular weight excluding hydrogens is 1740 g/mol. The van der Waals surface area contributed by atoms with Crippen molar-refractivity contribution in [2.75, 3.05) is 68.0 Å². The maximum Gasteiger partial charge on any atom is 0.335 e. The van der Waals surface area contributed by atoms with Crippen molar-refractivity contribution in [1.29, 1.82) is 0 Å². The van der Waals surface area contributed by atoms with E-state index < -0.39 is 16.6 Å². The number of halogens is 3. The van der Waals surface area contributed by atoms with Gasteiger partial charge in [-0.05, 0) is 316 Å². The van der Waals surface area contributed by atoms with Crippen LogP contribution in [0, 0.1) is 48.0 Å². The van der Waals surface area contributed by atoms with E-state index in [4.69, 9.17) is 38.9 Å². The standard InChI is InChI=1S/C27H37N5O2.C26H34FN5O2.C25H32FN5O2.C24H28FN5O2.4CH4/c1-6-34-18-27(4,5)31-17-24(32(26(31)33)22-9-7-8-20(3)16-22)23-14-15-28-25(30-23)29-21-12-10-19(2)11-13-21;1-5-34-17-26(3,4)31-16-23(32(25(31)33)21-12-8-19(27)9-13-21)22-14-15-28-24(30-22)29-20-10-6-18(2)7-11-20;1-17-5-9-19(10-6-17)28-23-27-14-13-21(29-23)22-15-30(25(2,3)16-33-4)24(32)31(22)20-11-7-18(26)8-12-20;1-16-4-8-18(9-5-16)27-23-26-13-12-20(28-23)21-15-29(22-3-2-14-32-22)24(31)30(21)19-10-6-17(25)7-11-19;;;;/h7-9,14-17,19,21H,6,10-13,18H2,1-5H3,(H,28,29,30);8-9,12-16,18,20H,5-7,10-11,17H2,1-4H3,(H,28,29,30);7-8,11-15,17,19H,5-6,9-10,16H2,1-4H3,(H,27,28,29);6-7,10-13,15-16,18,22H,2-5,8-9,14H2,1H3,(H,26,27,28);4*1H4. The molecule has 1 aliphatic heterocycles. The number of hydrogen-bond acceptors (Lipinski definition) is 20. The smallest absolute Gasteiger partial charge is 0.335 e. The fourth-order valence-electron chi connectivity index (χ4n) is 18.2. The lowest BCUT2D eigenvalue weighted by Gasteiger charge is -2.26. The zero-order valence-corrected chi connectivity index (χ0v) is 79.4. The molecule has 28 nitrogen and oxygen atoms in total. The van der Waals surface area contributed by atoms with Crippen LogP contribution in [0.15, 0.2) is 190 Å². The summed E-state index contributed by atoms with van der Waals surface area (Å²) in [6.45, 7) is 29.9. The first-order valence-electron chi connectivity index (χ1n) is 47.3. The van der Waals surface area contributed by atoms with Crippen molar-refractivity contribution in [3.8, 4) is 68.3 Å². The first kappa shape index (κ1) is 107. The van der Waals surface area contributed by atoms with Gasteiger partial charge in [0, 0.05) is 101 Å². The third-order valence-electron chi connectivity index (χ3n) is 26.2. The van der Waals surface area contributed by atoms with Crippen LogP contribution in [0.3, 0.4) is 0 Å². The molecule has 5 aliphatic rings. The third-order valence-corrected chi connectivity index (χ3v) is 26.2. The second-order valence-corrected chi connectivity index (χ2v) is 38.4. The highest BCUT2D eigenvalue weighted by molar-refractivity contribution is 5.63. The van der Waals surface area contributed by atoms with Gasteiger partial charge in [0.1, 0.15) is 23.7 Å². The highest BCUT2D eigenvalue weighted by atomic mass is 19.1. The predicted octanol–water partition coefficient (Wildman–Crippen LogP) is 21.9. The van der Waals surface area contributed by atoms with Gasteiger partial charge in [-0.15, -0.1) is 0 Å². The summed E-state index contributed by atoms with van der Waals surface area (Å²) in [5.74, 6) is 4.28. The van der Waals surface area contributed by atoms with E-state index in [9.17, 15) is 32.3 Å². The number of imidazole rings is 4. The molecule has 12 aromatic rings. The SMILES string of the molecule is C.C.C.C.CC1CCC(Nc2nccc(-c3cn(C4CCCO4)c(=O)n3-c3ccc(F)cc3)n2)CC1.CCOCC(C)(C)n1cc(-c2ccnc(NC3CCC(C)CC3)n2)n(-c2ccc(F)cc2)c1=O.CCOCC(C)(C)n1cc(-c2ccnc(NC3CCC(C)CC3)n2)n(-c2cccc(C)c2)c1=O.COCC(C)(C)n1cc(-c2ccnc(NC3CCC(C)CC3)n2)n(-c2ccc(F)cc2)c1=O. The number of methoxy groups -OCH3 is 1. The quantitative estimate of drug-likeness (QED) is 0.0354. The molecule has 4 aromatic carbocycles. The van der Waals surface area contributed by atoms with E-state index in [0.717, 1.165) is 105 Å². The highest BCUT2D eigenvalue weighted by Crippen LogP contribution is 2.36. The minimum absolute atomic E-state index is 0. The average Bonchev–Trinajstić information content (AvgIpc) is 1.63. The lowest BCUT2D eigenvalue weighted by Crippen LogP contribution is -2.40. The Hall–Kier alpha value is -11.9. The molecule has 0 bridgehead atoms. The Balaban J connectivity index is 0.000000187. The van der Waals surface area contributed by atoms with Crippen LogP contribution in [0.25, 0.3) is 68.3 Å². The van der Waals surface area contributed by atoms with Gasteiger partial charge in [-0.2, -0.15) is 0 Å². The fraction of sp³-hybridized carbons (Fsp3) is 0.509. The Morgan fingerprint density at radius 1 is 0.380 bits per heavy atom. The Labute approximate surface area is 806 Å². The van der Waals surface area contributed by atoms with Gasteiger partial charge in [-0.25, -0.2) is 72.2 Å². The molecule has 17 rings (SSSR count). The number of anilines is 4. The van der Waals surface area contributed by atoms with Crippen molar-refractivity contribution in [3.05, 3.63) is 236 Å². The molecule has 4 aliphatic carbocycles. The molecule has 4 N–H and O–H groups in total. The van der Waals surface area contributed by atoms with Crippen molar-refractivity contribution in [3.63, 3.8) is 0 Å². The van der Waals surface area contributed by atoms with E-state index in [1.165, 1.54) is 87.8 Å². The third kappa shape index (κ3) is 26.7. The lowest BCUT2D eigenvalue weighted by molar-refractivity contribution is 0.0538. The predicted molar refractivity (Wildman–Crippen MR) is 543 cm³/mol. The van der Waals surface area contributed by atoms with Crippen molar-refractivity contribution < 1.29 is 32.1 Å². The topological polar surface area (TPSA) is 296 Å². The van der Waals surface area contributed by atoms with Crippen LogP contribution in [0.1, 0.15) is 240 Å². The number of nitrogens with zero attached hydrogens (tertiary/aromatic N) is 16. The van der Waals surface area contributed by atoms with Crippen LogP contribution >= 0.6 is 0 Å². The zero-order valence-electron chi connectivity index (χ0n) is 79.4. The van der Waals surface area contributed by atoms with Crippen LogP contribution in [0.5, 0.6) is 0 Å². The Bertz CT molecular complexity index is 6080. The number of hydrogen-bond donors (Lipinski definition) is 4. The number of aryl methyl sites for hydroxylation is 1. The molecule has 5 fully saturated rings. The summed E-state index contributed by atoms with van der Waals surface area (Å²) in [6.07, 6.45) is 34.0. The molecule has 137 heavy (non-hydrogen) atoms. The van der Waals surface area contributed by atoms with Crippen molar-refractivity contribution in [1.82, 2.24) is 76.4 Å². The molecule has 0 radical (unpaired) electrons. The number of rotatable bonds is 28. The van der Waals surface area contributed by atoms with Crippen molar-refractivity contribution in [2.24, 2.45) is 23.7 Å². The summed E-state index contributed by atoms with van der Waals surface area (Å²) in [4.78, 5) is 91.0. The summed E-state index contributed by atoms with van der Waals surface area (Å²) in [6, 6.07) is 34.4. The van der Waals surface area contributed by atoms with Crippen molar-refractivity contribution >= 4 is 23.8 Å². The van der Waals surface area contributed by atoms with Gasteiger partial charge in [0.15, 0.2) is 0 Å². The zero-order chi connectivity index (χ0) is 94.3. The van der Waals surface area contributed by atoms with E-state index >= 15 is 0 Å². The minimum atomic E-state index is -0.585. The number of nitrogens with one attached hydrogen (secondary N) is 4. The molecule has 31 heteroatoms. The Kier molecular flexibility index (Phi) is 37.8. The molecule has 1 saturated heterocycles. The number of benzene rings is 4. The van der Waals surface area contributed by atoms with Crippen LogP contribution in [0.4, 0.5) is 37.0 Å². The summed E-state index contributed by atoms with van der Waals surface area (Å²) in [7, 11) is 1.61. The van der Waals surface area contributed by atoms with Gasteiger partial charge in [0.2, 0.25) is 23.8 Å². The van der Waals surface area contributed by atoms with Crippen LogP contribution in [-0.2, 0) is 35.6 Å². The first-order valence-corrected chi connectivity index (χ1v) is 47.3. The Morgan fingerprint density at radius 2 is 0.672 bits per heavy atom. The average molecular weight is 1890 g/mol. The summed E-state index contributed by atoms with van der Waals surface area (Å²) in [5.41, 5.74) is 6.30. The van der Waals surface area contributed by atoms with Crippen molar-refractivity contribution in [2.45, 2.75) is 282 Å². The van der Waals surface area contributed by atoms with Gasteiger partial charge in [-0.3, -0.25) is 36.5 Å². The molecule has 9 heterocycles. The number of ether oxygens (including phenoxy) is 4. The van der Waals surface area contributed by atoms with Crippen LogP contribution in [-0.4, -0.2) is 147 Å². The molecule has 0 amide bonds. The largest absolute Gasteiger partial charge is 0.382 e. The molecular formula is C106H147F3N20O8. The van der Waals surface area contributed by atoms with E-state index in [1.54, 1.807) is 142 Å². The van der Waals surface area contributed by atoms with Gasteiger partial charge >= 0.3 is 22.8 Å². The first-order chi connectivity index (χ1) is 63.9. The van der Waals surface area contributed by atoms with E-state index in [2.05, 4.69) is 68.9 Å².